The number of para-hydroxylation sites is 1. The van der Waals surface area contributed by atoms with Crippen LogP contribution in [-0.4, -0.2) is 38.7 Å². The summed E-state index contributed by atoms with van der Waals surface area (Å²) in [6.07, 6.45) is 10.3. The van der Waals surface area contributed by atoms with E-state index in [2.05, 4.69) is 17.1 Å². The van der Waals surface area contributed by atoms with Gasteiger partial charge in [0.2, 0.25) is 5.91 Å². The molecule has 4 atom stereocenters. The SMILES string of the molecule is Nc1ccnc2c1c(-c1ccc(Oc3ccccc3)cc1)nn2C1CCCN(C(=O)C2CC3C=CC2C3)C1. The molecule has 7 nitrogen and oxygen atoms in total. The maximum Gasteiger partial charge on any atom is 0.226 e. The summed E-state index contributed by atoms with van der Waals surface area (Å²) in [5.74, 6) is 3.00. The van der Waals surface area contributed by atoms with Crippen LogP contribution in [0.25, 0.3) is 22.3 Å². The lowest BCUT2D eigenvalue weighted by molar-refractivity contribution is -0.138. The summed E-state index contributed by atoms with van der Waals surface area (Å²) in [5, 5.41) is 5.92. The number of carbonyl (C=O) groups is 1. The molecular weight excluding hydrogens is 474 g/mol. The highest BCUT2D eigenvalue weighted by Gasteiger charge is 2.42. The van der Waals surface area contributed by atoms with Crippen LogP contribution in [0.3, 0.4) is 0 Å². The molecule has 4 aromatic rings. The lowest BCUT2D eigenvalue weighted by atomic mass is 9.91. The molecule has 2 aromatic heterocycles. The van der Waals surface area contributed by atoms with E-state index in [1.807, 2.05) is 65.3 Å². The van der Waals surface area contributed by atoms with Crippen molar-refractivity contribution in [2.45, 2.75) is 31.7 Å². The van der Waals surface area contributed by atoms with Gasteiger partial charge in [-0.05, 0) is 80.0 Å². The zero-order valence-electron chi connectivity index (χ0n) is 21.2. The Hall–Kier alpha value is -4.13. The normalized spacial score (nSPS) is 24.3. The van der Waals surface area contributed by atoms with E-state index in [4.69, 9.17) is 20.6 Å². The second kappa shape index (κ2) is 9.31. The molecule has 1 aliphatic heterocycles. The second-order valence-corrected chi connectivity index (χ2v) is 10.8. The van der Waals surface area contributed by atoms with Crippen LogP contribution in [0.1, 0.15) is 31.7 Å². The first-order valence-corrected chi connectivity index (χ1v) is 13.6. The minimum atomic E-state index is 0.0630. The minimum Gasteiger partial charge on any atom is -0.457 e. The van der Waals surface area contributed by atoms with Crippen molar-refractivity contribution in [1.29, 1.82) is 0 Å². The first-order valence-electron chi connectivity index (χ1n) is 13.6. The molecule has 1 saturated carbocycles. The van der Waals surface area contributed by atoms with Crippen LogP contribution in [0.4, 0.5) is 5.69 Å². The summed E-state index contributed by atoms with van der Waals surface area (Å²) in [6, 6.07) is 19.5. The fourth-order valence-electron chi connectivity index (χ4n) is 6.50. The Balaban J connectivity index is 1.18. The Morgan fingerprint density at radius 3 is 2.55 bits per heavy atom. The summed E-state index contributed by atoms with van der Waals surface area (Å²) in [5.41, 5.74) is 9.65. The predicted molar refractivity (Wildman–Crippen MR) is 148 cm³/mol. The van der Waals surface area contributed by atoms with Gasteiger partial charge < -0.3 is 15.4 Å². The number of ether oxygens (including phenoxy) is 1. The number of nitrogens with zero attached hydrogens (tertiary/aromatic N) is 4. The third-order valence-electron chi connectivity index (χ3n) is 8.38. The molecule has 1 saturated heterocycles. The summed E-state index contributed by atoms with van der Waals surface area (Å²) in [4.78, 5) is 20.3. The molecule has 7 heteroatoms. The van der Waals surface area contributed by atoms with Crippen LogP contribution in [0.5, 0.6) is 11.5 Å². The maximum absolute atomic E-state index is 13.5. The van der Waals surface area contributed by atoms with Crippen molar-refractivity contribution in [3.63, 3.8) is 0 Å². The van der Waals surface area contributed by atoms with E-state index in [0.717, 1.165) is 66.0 Å². The number of fused-ring (bicyclic) bond motifs is 3. The van der Waals surface area contributed by atoms with Gasteiger partial charge in [-0.25, -0.2) is 9.67 Å². The number of nitrogens with two attached hydrogens (primary N) is 1. The largest absolute Gasteiger partial charge is 0.457 e. The molecule has 2 fully saturated rings. The molecule has 7 rings (SSSR count). The van der Waals surface area contributed by atoms with Crippen LogP contribution >= 0.6 is 0 Å². The maximum atomic E-state index is 13.5. The van der Waals surface area contributed by atoms with Gasteiger partial charge in [0.1, 0.15) is 17.2 Å². The van der Waals surface area contributed by atoms with Crippen molar-refractivity contribution in [3.05, 3.63) is 79.0 Å². The van der Waals surface area contributed by atoms with Gasteiger partial charge in [-0.15, -0.1) is 0 Å². The number of likely N-dealkylation sites (tertiary alicyclic amines) is 1. The van der Waals surface area contributed by atoms with E-state index in [0.29, 0.717) is 30.0 Å². The predicted octanol–water partition coefficient (Wildman–Crippen LogP) is 5.85. The molecule has 192 valence electrons. The topological polar surface area (TPSA) is 86.3 Å². The summed E-state index contributed by atoms with van der Waals surface area (Å²) in [7, 11) is 0. The van der Waals surface area contributed by atoms with E-state index >= 15 is 0 Å². The molecule has 3 heterocycles. The van der Waals surface area contributed by atoms with Crippen molar-refractivity contribution >= 4 is 22.6 Å². The average molecular weight is 506 g/mol. The molecule has 0 spiro atoms. The standard InChI is InChI=1S/C31H31N5O2/c32-27-14-15-33-30-28(27)29(21-10-12-25(13-11-21)38-24-6-2-1-3-7-24)34-36(30)23-5-4-16-35(19-23)31(37)26-18-20-8-9-22(26)17-20/h1-3,6-15,20,22-23,26H,4-5,16-19H2,(H2,32,33). The number of allylic oxidation sites excluding steroid dienone is 2. The molecule has 3 aliphatic rings. The molecule has 2 bridgehead atoms. The van der Waals surface area contributed by atoms with Crippen LogP contribution < -0.4 is 10.5 Å². The van der Waals surface area contributed by atoms with E-state index in [1.54, 1.807) is 6.20 Å². The number of nitrogen functional groups attached to an aromatic ring is 1. The Morgan fingerprint density at radius 1 is 0.974 bits per heavy atom. The number of benzene rings is 2. The number of hydrogen-bond acceptors (Lipinski definition) is 5. The molecule has 1 amide bonds. The smallest absolute Gasteiger partial charge is 0.226 e. The number of hydrogen-bond donors (Lipinski definition) is 1. The number of piperidine rings is 1. The van der Waals surface area contributed by atoms with E-state index in [-0.39, 0.29) is 12.0 Å². The number of amides is 1. The molecule has 2 aliphatic carbocycles. The quantitative estimate of drug-likeness (QED) is 0.344. The molecule has 2 aromatic carbocycles. The number of carbonyl (C=O) groups excluding carboxylic acids is 1. The van der Waals surface area contributed by atoms with Crippen LogP contribution in [0.15, 0.2) is 79.0 Å². The summed E-state index contributed by atoms with van der Waals surface area (Å²) >= 11 is 0. The first-order chi connectivity index (χ1) is 18.6. The molecule has 0 radical (unpaired) electrons. The molecule has 38 heavy (non-hydrogen) atoms. The highest BCUT2D eigenvalue weighted by atomic mass is 16.5. The van der Waals surface area contributed by atoms with Crippen molar-refractivity contribution in [3.8, 4) is 22.8 Å². The lowest BCUT2D eigenvalue weighted by Gasteiger charge is -2.35. The number of rotatable bonds is 5. The van der Waals surface area contributed by atoms with Gasteiger partial charge in [0.25, 0.3) is 0 Å². The number of aromatic nitrogens is 3. The molecule has 2 N–H and O–H groups in total. The third-order valence-corrected chi connectivity index (χ3v) is 8.38. The van der Waals surface area contributed by atoms with Gasteiger partial charge >= 0.3 is 0 Å². The van der Waals surface area contributed by atoms with E-state index < -0.39 is 0 Å². The Kier molecular flexibility index (Phi) is 5.64. The minimum absolute atomic E-state index is 0.0630. The zero-order valence-corrected chi connectivity index (χ0v) is 21.2. The summed E-state index contributed by atoms with van der Waals surface area (Å²) in [6.45, 7) is 1.48. The van der Waals surface area contributed by atoms with Crippen LogP contribution in [0, 0.1) is 17.8 Å². The second-order valence-electron chi connectivity index (χ2n) is 10.8. The third kappa shape index (κ3) is 4.02. The highest BCUT2D eigenvalue weighted by Crippen LogP contribution is 2.45. The van der Waals surface area contributed by atoms with Crippen molar-refractivity contribution in [1.82, 2.24) is 19.7 Å². The van der Waals surface area contributed by atoms with Crippen molar-refractivity contribution in [2.75, 3.05) is 18.8 Å². The fraction of sp³-hybridized carbons (Fsp3) is 0.323. The highest BCUT2D eigenvalue weighted by molar-refractivity contribution is 5.99. The monoisotopic (exact) mass is 505 g/mol. The van der Waals surface area contributed by atoms with E-state index in [1.165, 1.54) is 0 Å². The Bertz CT molecular complexity index is 1510. The van der Waals surface area contributed by atoms with Crippen LogP contribution in [0.2, 0.25) is 0 Å². The van der Waals surface area contributed by atoms with Gasteiger partial charge in [-0.2, -0.15) is 5.10 Å². The van der Waals surface area contributed by atoms with Crippen LogP contribution in [-0.2, 0) is 4.79 Å². The van der Waals surface area contributed by atoms with Crippen molar-refractivity contribution < 1.29 is 9.53 Å². The Morgan fingerprint density at radius 2 is 1.79 bits per heavy atom. The van der Waals surface area contributed by atoms with Gasteiger partial charge in [-0.3, -0.25) is 4.79 Å². The molecular formula is C31H31N5O2. The first kappa shape index (κ1) is 23.0. The summed E-state index contributed by atoms with van der Waals surface area (Å²) < 4.78 is 7.98. The fourth-order valence-corrected chi connectivity index (χ4v) is 6.50. The van der Waals surface area contributed by atoms with Gasteiger partial charge in [0.05, 0.1) is 11.4 Å². The number of anilines is 1. The van der Waals surface area contributed by atoms with Gasteiger partial charge in [0.15, 0.2) is 5.65 Å². The zero-order chi connectivity index (χ0) is 25.6. The average Bonchev–Trinajstić information content (AvgIpc) is 3.69. The lowest BCUT2D eigenvalue weighted by Crippen LogP contribution is -2.44. The van der Waals surface area contributed by atoms with E-state index in [9.17, 15) is 4.79 Å². The Labute approximate surface area is 221 Å². The number of pyridine rings is 1. The van der Waals surface area contributed by atoms with Gasteiger partial charge in [-0.1, -0.05) is 30.4 Å². The van der Waals surface area contributed by atoms with Gasteiger partial charge in [0, 0.05) is 36.5 Å². The molecule has 4 unspecified atom stereocenters. The van der Waals surface area contributed by atoms with Crippen molar-refractivity contribution in [2.24, 2.45) is 17.8 Å².